The summed E-state index contributed by atoms with van der Waals surface area (Å²) < 4.78 is 12.7. The highest BCUT2D eigenvalue weighted by Gasteiger charge is 2.13. The van der Waals surface area contributed by atoms with Crippen LogP contribution in [0.25, 0.3) is 11.4 Å². The highest BCUT2D eigenvalue weighted by molar-refractivity contribution is 7.98. The zero-order chi connectivity index (χ0) is 16.2. The maximum atomic E-state index is 5.50. The fraction of sp³-hybridized carbons (Fsp3) is 0.333. The van der Waals surface area contributed by atoms with E-state index in [0.29, 0.717) is 17.5 Å². The summed E-state index contributed by atoms with van der Waals surface area (Å²) in [5, 5.41) is 17.3. The normalized spacial score (nSPS) is 10.9. The molecule has 2 heterocycles. The third kappa shape index (κ3) is 3.37. The maximum Gasteiger partial charge on any atom is 0.226 e. The average molecular weight is 331 g/mol. The average Bonchev–Trinajstić information content (AvgIpc) is 3.19. The van der Waals surface area contributed by atoms with Gasteiger partial charge in [0, 0.05) is 19.0 Å². The van der Waals surface area contributed by atoms with E-state index in [-0.39, 0.29) is 0 Å². The largest absolute Gasteiger partial charge is 0.497 e. The number of nitrogens with zero attached hydrogens (tertiary/aromatic N) is 5. The van der Waals surface area contributed by atoms with Crippen LogP contribution in [0.3, 0.4) is 0 Å². The predicted molar refractivity (Wildman–Crippen MR) is 86.2 cm³/mol. The molecule has 0 spiro atoms. The maximum absolute atomic E-state index is 5.50. The van der Waals surface area contributed by atoms with Gasteiger partial charge < -0.3 is 13.7 Å². The van der Waals surface area contributed by atoms with Crippen LogP contribution in [0.5, 0.6) is 5.75 Å². The fourth-order valence-electron chi connectivity index (χ4n) is 2.07. The topological polar surface area (TPSA) is 78.9 Å². The van der Waals surface area contributed by atoms with Crippen LogP contribution in [-0.4, -0.2) is 32.1 Å². The van der Waals surface area contributed by atoms with Gasteiger partial charge in [-0.05, 0) is 12.1 Å². The molecule has 0 N–H and O–H groups in total. The van der Waals surface area contributed by atoms with E-state index in [2.05, 4.69) is 20.4 Å². The van der Waals surface area contributed by atoms with Gasteiger partial charge in [-0.2, -0.15) is 0 Å². The number of aromatic nitrogens is 5. The second-order valence-electron chi connectivity index (χ2n) is 4.83. The lowest BCUT2D eigenvalue weighted by Gasteiger charge is -2.05. The molecule has 1 aromatic carbocycles. The molecule has 120 valence electrons. The van der Waals surface area contributed by atoms with Crippen molar-refractivity contribution in [1.82, 2.24) is 25.0 Å². The second kappa shape index (κ2) is 6.82. The molecule has 0 aliphatic heterocycles. The van der Waals surface area contributed by atoms with Crippen molar-refractivity contribution in [2.24, 2.45) is 7.05 Å². The predicted octanol–water partition coefficient (Wildman–Crippen LogP) is 2.73. The molecule has 7 nitrogen and oxygen atoms in total. The van der Waals surface area contributed by atoms with Crippen molar-refractivity contribution >= 4 is 11.8 Å². The van der Waals surface area contributed by atoms with Gasteiger partial charge in [0.15, 0.2) is 11.0 Å². The summed E-state index contributed by atoms with van der Waals surface area (Å²) in [6, 6.07) is 7.74. The number of hydrogen-bond donors (Lipinski definition) is 0. The van der Waals surface area contributed by atoms with Gasteiger partial charge in [0.2, 0.25) is 11.8 Å². The van der Waals surface area contributed by atoms with Gasteiger partial charge in [-0.15, -0.1) is 20.4 Å². The number of benzene rings is 1. The molecule has 3 rings (SSSR count). The molecule has 0 saturated carbocycles. The summed E-state index contributed by atoms with van der Waals surface area (Å²) in [6.45, 7) is 1.98. The van der Waals surface area contributed by atoms with Crippen LogP contribution in [-0.2, 0) is 19.2 Å². The highest BCUT2D eigenvalue weighted by atomic mass is 32.2. The van der Waals surface area contributed by atoms with Crippen LogP contribution in [0.15, 0.2) is 33.8 Å². The molecule has 3 aromatic rings. The lowest BCUT2D eigenvalue weighted by molar-refractivity contribution is 0.415. The van der Waals surface area contributed by atoms with Crippen molar-refractivity contribution < 1.29 is 9.15 Å². The number of thioether (sulfide) groups is 1. The monoisotopic (exact) mass is 331 g/mol. The molecule has 0 saturated heterocycles. The van der Waals surface area contributed by atoms with Crippen LogP contribution in [0.4, 0.5) is 0 Å². The summed E-state index contributed by atoms with van der Waals surface area (Å²) in [7, 11) is 3.58. The Kier molecular flexibility index (Phi) is 4.61. The van der Waals surface area contributed by atoms with E-state index >= 15 is 0 Å². The molecule has 23 heavy (non-hydrogen) atoms. The summed E-state index contributed by atoms with van der Waals surface area (Å²) in [6.07, 6.45) is 0.738. The first-order chi connectivity index (χ1) is 11.2. The van der Waals surface area contributed by atoms with E-state index in [1.165, 1.54) is 11.8 Å². The zero-order valence-electron chi connectivity index (χ0n) is 13.2. The Labute approximate surface area is 138 Å². The number of hydrogen-bond acceptors (Lipinski definition) is 7. The molecular weight excluding hydrogens is 314 g/mol. The Morgan fingerprint density at radius 2 is 2.00 bits per heavy atom. The van der Waals surface area contributed by atoms with Gasteiger partial charge in [0.1, 0.15) is 5.75 Å². The quantitative estimate of drug-likeness (QED) is 0.643. The third-order valence-corrected chi connectivity index (χ3v) is 4.30. The fourth-order valence-corrected chi connectivity index (χ4v) is 2.82. The van der Waals surface area contributed by atoms with Crippen molar-refractivity contribution in [3.8, 4) is 17.1 Å². The van der Waals surface area contributed by atoms with Crippen molar-refractivity contribution in [3.05, 3.63) is 36.0 Å². The molecule has 2 aromatic heterocycles. The van der Waals surface area contributed by atoms with Crippen LogP contribution in [0.2, 0.25) is 0 Å². The van der Waals surface area contributed by atoms with Crippen molar-refractivity contribution in [1.29, 1.82) is 0 Å². The number of aryl methyl sites for hydroxylation is 1. The number of ether oxygens (including phenoxy) is 1. The van der Waals surface area contributed by atoms with Crippen LogP contribution in [0.1, 0.15) is 18.7 Å². The lowest BCUT2D eigenvalue weighted by Crippen LogP contribution is -1.95. The minimum Gasteiger partial charge on any atom is -0.497 e. The minimum absolute atomic E-state index is 0.567. The third-order valence-electron chi connectivity index (χ3n) is 3.30. The summed E-state index contributed by atoms with van der Waals surface area (Å²) in [4.78, 5) is 0. The minimum atomic E-state index is 0.567. The molecule has 8 heteroatoms. The Hall–Kier alpha value is -2.35. The Morgan fingerprint density at radius 1 is 1.17 bits per heavy atom. The van der Waals surface area contributed by atoms with Crippen LogP contribution >= 0.6 is 11.8 Å². The van der Waals surface area contributed by atoms with Gasteiger partial charge in [-0.1, -0.05) is 30.8 Å². The highest BCUT2D eigenvalue weighted by Crippen LogP contribution is 2.26. The first-order valence-electron chi connectivity index (χ1n) is 7.19. The molecule has 0 unspecified atom stereocenters. The Morgan fingerprint density at radius 3 is 2.74 bits per heavy atom. The van der Waals surface area contributed by atoms with Crippen molar-refractivity contribution in [2.75, 3.05) is 7.11 Å². The molecule has 0 fully saturated rings. The van der Waals surface area contributed by atoms with Crippen LogP contribution in [0, 0.1) is 0 Å². The molecule has 0 amide bonds. The molecule has 0 aliphatic rings. The van der Waals surface area contributed by atoms with Crippen molar-refractivity contribution in [2.45, 2.75) is 24.3 Å². The van der Waals surface area contributed by atoms with Gasteiger partial charge in [0.05, 0.1) is 12.9 Å². The van der Waals surface area contributed by atoms with E-state index in [1.807, 2.05) is 42.8 Å². The van der Waals surface area contributed by atoms with E-state index in [4.69, 9.17) is 9.15 Å². The Bertz CT molecular complexity index is 799. The standard InChI is InChI=1S/C15H17N5O2S/c1-4-12-16-17-13(22-12)9-23-15-19-18-14(20(15)2)10-6-5-7-11(8-10)21-3/h5-8H,4,9H2,1-3H3. The first-order valence-corrected chi connectivity index (χ1v) is 8.17. The molecule has 0 radical (unpaired) electrons. The molecule has 0 bridgehead atoms. The van der Waals surface area contributed by atoms with Gasteiger partial charge in [0.25, 0.3) is 0 Å². The number of rotatable bonds is 6. The van der Waals surface area contributed by atoms with E-state index < -0.39 is 0 Å². The van der Waals surface area contributed by atoms with E-state index in [9.17, 15) is 0 Å². The second-order valence-corrected chi connectivity index (χ2v) is 5.77. The SMILES string of the molecule is CCc1nnc(CSc2nnc(-c3cccc(OC)c3)n2C)o1. The van der Waals surface area contributed by atoms with Gasteiger partial charge >= 0.3 is 0 Å². The number of methoxy groups -OCH3 is 1. The Balaban J connectivity index is 1.76. The van der Waals surface area contributed by atoms with Crippen LogP contribution < -0.4 is 4.74 Å². The van der Waals surface area contributed by atoms with Gasteiger partial charge in [-0.25, -0.2) is 0 Å². The van der Waals surface area contributed by atoms with E-state index in [1.54, 1.807) is 7.11 Å². The van der Waals surface area contributed by atoms with Crippen molar-refractivity contribution in [3.63, 3.8) is 0 Å². The summed E-state index contributed by atoms with van der Waals surface area (Å²) in [5.41, 5.74) is 0.956. The lowest BCUT2D eigenvalue weighted by atomic mass is 10.2. The first kappa shape index (κ1) is 15.5. The zero-order valence-corrected chi connectivity index (χ0v) is 14.0. The smallest absolute Gasteiger partial charge is 0.226 e. The molecular formula is C15H17N5O2S. The summed E-state index contributed by atoms with van der Waals surface area (Å²) >= 11 is 1.51. The molecule has 0 aliphatic carbocycles. The van der Waals surface area contributed by atoms with Gasteiger partial charge in [-0.3, -0.25) is 0 Å². The van der Waals surface area contributed by atoms with E-state index in [0.717, 1.165) is 28.7 Å². The molecule has 0 atom stereocenters. The summed E-state index contributed by atoms with van der Waals surface area (Å²) in [5.74, 6) is 3.38.